The molecule has 2 aliphatic heterocycles. The van der Waals surface area contributed by atoms with Gasteiger partial charge in [0.25, 0.3) is 0 Å². The van der Waals surface area contributed by atoms with Crippen molar-refractivity contribution in [3.63, 3.8) is 0 Å². The van der Waals surface area contributed by atoms with Gasteiger partial charge in [-0.1, -0.05) is 17.7 Å². The van der Waals surface area contributed by atoms with E-state index in [9.17, 15) is 9.90 Å². The Morgan fingerprint density at radius 1 is 1.18 bits per heavy atom. The monoisotopic (exact) mass is 566 g/mol. The van der Waals surface area contributed by atoms with Gasteiger partial charge >= 0.3 is 5.97 Å². The smallest absolute Gasteiger partial charge is 0.335 e. The third-order valence-electron chi connectivity index (χ3n) is 7.60. The molecule has 2 fully saturated rings. The lowest BCUT2D eigenvalue weighted by Gasteiger charge is -2.32. The van der Waals surface area contributed by atoms with E-state index in [1.54, 1.807) is 29.5 Å². The minimum absolute atomic E-state index is 0.154. The van der Waals surface area contributed by atoms with Crippen molar-refractivity contribution < 1.29 is 19.4 Å². The second-order valence-electron chi connectivity index (χ2n) is 10.3. The van der Waals surface area contributed by atoms with Crippen LogP contribution < -0.4 is 4.74 Å². The molecule has 3 aromatic heterocycles. The van der Waals surface area contributed by atoms with Crippen LogP contribution in [0.3, 0.4) is 0 Å². The molecule has 6 rings (SSSR count). The number of carbonyl (C=O) groups is 1. The van der Waals surface area contributed by atoms with E-state index in [1.807, 2.05) is 25.1 Å². The summed E-state index contributed by atoms with van der Waals surface area (Å²) in [5, 5.41) is 10.2. The minimum Gasteiger partial charge on any atom is -0.478 e. The van der Waals surface area contributed by atoms with Crippen molar-refractivity contribution >= 4 is 39.9 Å². The quantitative estimate of drug-likeness (QED) is 0.270. The molecule has 1 atom stereocenters. The van der Waals surface area contributed by atoms with Crippen LogP contribution in [0.4, 0.5) is 0 Å². The van der Waals surface area contributed by atoms with Gasteiger partial charge in [-0.15, -0.1) is 11.3 Å². The fraction of sp³-hybridized carbons (Fsp3) is 0.414. The van der Waals surface area contributed by atoms with E-state index in [4.69, 9.17) is 31.0 Å². The molecular formula is C29H31ClN4O4S. The molecule has 0 spiro atoms. The number of halogens is 1. The highest BCUT2D eigenvalue weighted by Gasteiger charge is 2.26. The lowest BCUT2D eigenvalue weighted by Crippen LogP contribution is -2.35. The number of fused-ring (bicyclic) bond motifs is 1. The van der Waals surface area contributed by atoms with Crippen molar-refractivity contribution in [3.05, 3.63) is 74.3 Å². The van der Waals surface area contributed by atoms with Crippen molar-refractivity contribution in [1.29, 1.82) is 0 Å². The second kappa shape index (κ2) is 11.3. The van der Waals surface area contributed by atoms with Gasteiger partial charge in [-0.2, -0.15) is 0 Å². The first-order valence-corrected chi connectivity index (χ1v) is 14.5. The predicted molar refractivity (Wildman–Crippen MR) is 151 cm³/mol. The van der Waals surface area contributed by atoms with Crippen LogP contribution in [0.5, 0.6) is 5.88 Å². The first kappa shape index (κ1) is 26.3. The molecule has 5 heterocycles. The summed E-state index contributed by atoms with van der Waals surface area (Å²) in [6.07, 6.45) is 3.17. The average Bonchev–Trinajstić information content (AvgIpc) is 3.42. The average molecular weight is 567 g/mol. The number of aromatic carboxylic acids is 1. The standard InChI is InChI=1S/C29H31ClN4O4S/c1-18-13-22(30)26(39-18)17-38-28-4-2-3-23(32-28)19-7-10-33(11-8-19)16-27-31-24-6-5-20(29(35)36)14-25(24)34(27)15-21-9-12-37-21/h2-6,13-14,19,21H,7-12,15-17H2,1H3,(H,35,36)/t21-/m0/s1. The van der Waals surface area contributed by atoms with Crippen molar-refractivity contribution in [1.82, 2.24) is 19.4 Å². The summed E-state index contributed by atoms with van der Waals surface area (Å²) in [6, 6.07) is 13.1. The Balaban J connectivity index is 1.11. The number of hydrogen-bond donors (Lipinski definition) is 1. The first-order chi connectivity index (χ1) is 18.9. The molecule has 0 unspecified atom stereocenters. The molecule has 10 heteroatoms. The Morgan fingerprint density at radius 3 is 2.69 bits per heavy atom. The molecule has 0 saturated carbocycles. The van der Waals surface area contributed by atoms with E-state index in [-0.39, 0.29) is 11.7 Å². The van der Waals surface area contributed by atoms with Crippen molar-refractivity contribution in [2.24, 2.45) is 0 Å². The van der Waals surface area contributed by atoms with Gasteiger partial charge in [-0.3, -0.25) is 4.90 Å². The van der Waals surface area contributed by atoms with Gasteiger partial charge in [0, 0.05) is 29.2 Å². The van der Waals surface area contributed by atoms with Gasteiger partial charge in [0.05, 0.1) is 45.7 Å². The normalized spacial score (nSPS) is 18.4. The molecule has 8 nitrogen and oxygen atoms in total. The zero-order valence-electron chi connectivity index (χ0n) is 21.8. The molecule has 0 amide bonds. The zero-order valence-corrected chi connectivity index (χ0v) is 23.4. The van der Waals surface area contributed by atoms with E-state index in [0.717, 1.165) is 71.4 Å². The molecule has 0 aliphatic carbocycles. The first-order valence-electron chi connectivity index (χ1n) is 13.3. The number of piperidine rings is 1. The number of aromatic nitrogens is 3. The maximum atomic E-state index is 11.6. The Labute approximate surface area is 236 Å². The number of pyridine rings is 1. The van der Waals surface area contributed by atoms with Gasteiger partial charge < -0.3 is 19.1 Å². The number of ether oxygens (including phenoxy) is 2. The Hall–Kier alpha value is -2.98. The maximum Gasteiger partial charge on any atom is 0.335 e. The number of hydrogen-bond acceptors (Lipinski definition) is 7. The van der Waals surface area contributed by atoms with Crippen molar-refractivity contribution in [2.45, 2.75) is 57.9 Å². The van der Waals surface area contributed by atoms with E-state index in [1.165, 1.54) is 4.88 Å². The van der Waals surface area contributed by atoms with E-state index < -0.39 is 5.97 Å². The number of nitrogens with zero attached hydrogens (tertiary/aromatic N) is 4. The minimum atomic E-state index is -0.929. The Bertz CT molecular complexity index is 1490. The van der Waals surface area contributed by atoms with E-state index >= 15 is 0 Å². The van der Waals surface area contributed by atoms with Crippen LogP contribution in [0.15, 0.2) is 42.5 Å². The number of aryl methyl sites for hydroxylation is 1. The van der Waals surface area contributed by atoms with Crippen LogP contribution in [0.1, 0.15) is 56.8 Å². The molecular weight excluding hydrogens is 536 g/mol. The summed E-state index contributed by atoms with van der Waals surface area (Å²) in [5.41, 5.74) is 3.02. The third-order valence-corrected chi connectivity index (χ3v) is 9.07. The summed E-state index contributed by atoms with van der Waals surface area (Å²) in [7, 11) is 0. The molecule has 1 aromatic carbocycles. The SMILES string of the molecule is Cc1cc(Cl)c(COc2cccc(C3CCN(Cc4nc5ccc(C(=O)O)cc5n4C[C@@H]4CCO4)CC3)n2)s1. The van der Waals surface area contributed by atoms with Crippen molar-refractivity contribution in [3.8, 4) is 5.88 Å². The topological polar surface area (TPSA) is 89.7 Å². The number of carboxylic acid groups (broad SMARTS) is 1. The highest BCUT2D eigenvalue weighted by molar-refractivity contribution is 7.12. The predicted octanol–water partition coefficient (Wildman–Crippen LogP) is 5.90. The van der Waals surface area contributed by atoms with Crippen molar-refractivity contribution in [2.75, 3.05) is 19.7 Å². The van der Waals surface area contributed by atoms with Gasteiger partial charge in [0.2, 0.25) is 5.88 Å². The molecule has 39 heavy (non-hydrogen) atoms. The van der Waals surface area contributed by atoms with E-state index in [0.29, 0.717) is 31.5 Å². The summed E-state index contributed by atoms with van der Waals surface area (Å²) >= 11 is 7.94. The second-order valence-corrected chi connectivity index (χ2v) is 12.0. The Kier molecular flexibility index (Phi) is 7.57. The number of imidazole rings is 1. The molecule has 0 radical (unpaired) electrons. The number of thiophene rings is 1. The molecule has 4 aromatic rings. The summed E-state index contributed by atoms with van der Waals surface area (Å²) < 4.78 is 13.8. The van der Waals surface area contributed by atoms with E-state index in [2.05, 4.69) is 15.5 Å². The lowest BCUT2D eigenvalue weighted by atomic mass is 9.93. The fourth-order valence-corrected chi connectivity index (χ4v) is 6.60. The highest BCUT2D eigenvalue weighted by atomic mass is 35.5. The number of carboxylic acids is 1. The molecule has 2 saturated heterocycles. The number of benzene rings is 1. The van der Waals surface area contributed by atoms with Gasteiger partial charge in [0.1, 0.15) is 12.4 Å². The molecule has 2 aliphatic rings. The van der Waals surface area contributed by atoms with Crippen LogP contribution in [0.25, 0.3) is 11.0 Å². The van der Waals surface area contributed by atoms with Gasteiger partial charge in [-0.05, 0) is 69.6 Å². The summed E-state index contributed by atoms with van der Waals surface area (Å²) in [6.45, 7) is 6.52. The third kappa shape index (κ3) is 5.82. The van der Waals surface area contributed by atoms with Crippen LogP contribution in [-0.4, -0.2) is 56.3 Å². The maximum absolute atomic E-state index is 11.6. The summed E-state index contributed by atoms with van der Waals surface area (Å²) in [5.74, 6) is 1.03. The highest BCUT2D eigenvalue weighted by Crippen LogP contribution is 2.31. The zero-order chi connectivity index (χ0) is 26.9. The lowest BCUT2D eigenvalue weighted by molar-refractivity contribution is -0.0592. The molecule has 0 bridgehead atoms. The number of rotatable bonds is 9. The molecule has 204 valence electrons. The summed E-state index contributed by atoms with van der Waals surface area (Å²) in [4.78, 5) is 25.9. The largest absolute Gasteiger partial charge is 0.478 e. The van der Waals surface area contributed by atoms with Gasteiger partial charge in [-0.25, -0.2) is 14.8 Å². The molecule has 1 N–H and O–H groups in total. The van der Waals surface area contributed by atoms with Crippen LogP contribution in [0, 0.1) is 6.92 Å². The van der Waals surface area contributed by atoms with Crippen LogP contribution in [0.2, 0.25) is 5.02 Å². The van der Waals surface area contributed by atoms with Crippen LogP contribution >= 0.6 is 22.9 Å². The van der Waals surface area contributed by atoms with Gasteiger partial charge in [0.15, 0.2) is 0 Å². The van der Waals surface area contributed by atoms with Crippen LogP contribution in [-0.2, 0) is 24.4 Å². The fourth-order valence-electron chi connectivity index (χ4n) is 5.36. The number of likely N-dealkylation sites (tertiary alicyclic amines) is 1. The Morgan fingerprint density at radius 2 is 2.00 bits per heavy atom.